The standard InChI is InChI=1S/C18H24N4O4S/c1-13-6-7-17(26-2)16(11-13)22-10-8-15(20-22)18(23)19-14-5-4-9-21(12-14)27(3,24)25/h6-8,10-11,14H,4-5,9,12H2,1-3H3,(H,19,23). The Balaban J connectivity index is 1.73. The number of aryl methyl sites for hydroxylation is 1. The van der Waals surface area contributed by atoms with Crippen LogP contribution in [0.2, 0.25) is 0 Å². The van der Waals surface area contributed by atoms with Gasteiger partial charge in [-0.2, -0.15) is 5.10 Å². The molecule has 2 aromatic rings. The first-order chi connectivity index (χ1) is 12.8. The van der Waals surface area contributed by atoms with Gasteiger partial charge in [0.25, 0.3) is 5.91 Å². The molecule has 1 unspecified atom stereocenters. The zero-order chi connectivity index (χ0) is 19.6. The molecule has 1 aromatic carbocycles. The fraction of sp³-hybridized carbons (Fsp3) is 0.444. The number of piperidine rings is 1. The number of benzene rings is 1. The minimum absolute atomic E-state index is 0.223. The van der Waals surface area contributed by atoms with E-state index in [1.165, 1.54) is 10.6 Å². The summed E-state index contributed by atoms with van der Waals surface area (Å²) in [5.74, 6) is 0.340. The molecule has 1 atom stereocenters. The molecule has 1 aliphatic rings. The van der Waals surface area contributed by atoms with E-state index in [0.717, 1.165) is 17.7 Å². The average molecular weight is 392 g/mol. The van der Waals surface area contributed by atoms with Crippen molar-refractivity contribution >= 4 is 15.9 Å². The lowest BCUT2D eigenvalue weighted by Gasteiger charge is -2.31. The number of amides is 1. The average Bonchev–Trinajstić information content (AvgIpc) is 3.11. The quantitative estimate of drug-likeness (QED) is 0.829. The largest absolute Gasteiger partial charge is 0.494 e. The van der Waals surface area contributed by atoms with Gasteiger partial charge < -0.3 is 10.1 Å². The minimum Gasteiger partial charge on any atom is -0.494 e. The Morgan fingerprint density at radius 2 is 2.11 bits per heavy atom. The van der Waals surface area contributed by atoms with Crippen LogP contribution in [0.25, 0.3) is 5.69 Å². The molecule has 0 radical (unpaired) electrons. The summed E-state index contributed by atoms with van der Waals surface area (Å²) in [6.07, 6.45) is 4.35. The highest BCUT2D eigenvalue weighted by molar-refractivity contribution is 7.88. The molecule has 0 bridgehead atoms. The van der Waals surface area contributed by atoms with Crippen molar-refractivity contribution in [3.05, 3.63) is 41.7 Å². The molecule has 1 aliphatic heterocycles. The first kappa shape index (κ1) is 19.4. The number of hydrogen-bond donors (Lipinski definition) is 1. The first-order valence-electron chi connectivity index (χ1n) is 8.74. The number of hydrogen-bond acceptors (Lipinski definition) is 5. The van der Waals surface area contributed by atoms with Crippen LogP contribution in [-0.2, 0) is 10.0 Å². The molecule has 1 fully saturated rings. The third-order valence-corrected chi connectivity index (χ3v) is 5.86. The van der Waals surface area contributed by atoms with Crippen molar-refractivity contribution in [3.8, 4) is 11.4 Å². The number of carbonyl (C=O) groups is 1. The summed E-state index contributed by atoms with van der Waals surface area (Å²) in [6.45, 7) is 2.75. The molecule has 0 saturated carbocycles. The maximum atomic E-state index is 12.5. The SMILES string of the molecule is COc1ccc(C)cc1-n1ccc(C(=O)NC2CCCN(S(C)(=O)=O)C2)n1. The van der Waals surface area contributed by atoms with Crippen molar-refractivity contribution in [1.82, 2.24) is 19.4 Å². The molecule has 8 nitrogen and oxygen atoms in total. The Hall–Kier alpha value is -2.39. The van der Waals surface area contributed by atoms with Crippen LogP contribution >= 0.6 is 0 Å². The number of carbonyl (C=O) groups excluding carboxylic acids is 1. The van der Waals surface area contributed by atoms with Crippen molar-refractivity contribution in [1.29, 1.82) is 0 Å². The van der Waals surface area contributed by atoms with Gasteiger partial charge in [0.05, 0.1) is 13.4 Å². The van der Waals surface area contributed by atoms with E-state index < -0.39 is 10.0 Å². The lowest BCUT2D eigenvalue weighted by molar-refractivity contribution is 0.0916. The van der Waals surface area contributed by atoms with Crippen LogP contribution in [0.1, 0.15) is 28.9 Å². The molecular formula is C18H24N4O4S. The summed E-state index contributed by atoms with van der Waals surface area (Å²) in [4.78, 5) is 12.5. The van der Waals surface area contributed by atoms with Gasteiger partial charge in [-0.05, 0) is 43.5 Å². The highest BCUT2D eigenvalue weighted by Crippen LogP contribution is 2.23. The Labute approximate surface area is 159 Å². The second-order valence-electron chi connectivity index (χ2n) is 6.75. The molecule has 1 amide bonds. The number of aromatic nitrogens is 2. The Morgan fingerprint density at radius 3 is 2.81 bits per heavy atom. The van der Waals surface area contributed by atoms with Gasteiger partial charge in [0.15, 0.2) is 5.69 Å². The molecule has 146 valence electrons. The number of methoxy groups -OCH3 is 1. The Bertz CT molecular complexity index is 939. The van der Waals surface area contributed by atoms with Gasteiger partial charge in [0.2, 0.25) is 10.0 Å². The maximum Gasteiger partial charge on any atom is 0.272 e. The lowest BCUT2D eigenvalue weighted by atomic mass is 10.1. The Kier molecular flexibility index (Phi) is 5.52. The molecule has 9 heteroatoms. The third-order valence-electron chi connectivity index (χ3n) is 4.59. The first-order valence-corrected chi connectivity index (χ1v) is 10.6. The number of rotatable bonds is 5. The van der Waals surface area contributed by atoms with Crippen molar-refractivity contribution in [2.24, 2.45) is 0 Å². The highest BCUT2D eigenvalue weighted by Gasteiger charge is 2.27. The van der Waals surface area contributed by atoms with E-state index in [-0.39, 0.29) is 24.2 Å². The van der Waals surface area contributed by atoms with Crippen molar-refractivity contribution in [2.75, 3.05) is 26.5 Å². The molecule has 0 spiro atoms. The van der Waals surface area contributed by atoms with E-state index in [0.29, 0.717) is 18.7 Å². The molecule has 1 aromatic heterocycles. The Morgan fingerprint density at radius 1 is 1.33 bits per heavy atom. The smallest absolute Gasteiger partial charge is 0.272 e. The van der Waals surface area contributed by atoms with Gasteiger partial charge >= 0.3 is 0 Å². The van der Waals surface area contributed by atoms with Gasteiger partial charge in [-0.25, -0.2) is 17.4 Å². The van der Waals surface area contributed by atoms with E-state index in [2.05, 4.69) is 10.4 Å². The van der Waals surface area contributed by atoms with Gasteiger partial charge in [0, 0.05) is 25.3 Å². The van der Waals surface area contributed by atoms with Crippen LogP contribution in [0.5, 0.6) is 5.75 Å². The van der Waals surface area contributed by atoms with Crippen LogP contribution in [-0.4, -0.2) is 60.9 Å². The third kappa shape index (κ3) is 4.48. The summed E-state index contributed by atoms with van der Waals surface area (Å²) in [5, 5.41) is 7.25. The fourth-order valence-corrected chi connectivity index (χ4v) is 4.09. The van der Waals surface area contributed by atoms with Gasteiger partial charge in [-0.15, -0.1) is 0 Å². The normalized spacial score (nSPS) is 18.3. The van der Waals surface area contributed by atoms with Crippen LogP contribution in [0.4, 0.5) is 0 Å². The van der Waals surface area contributed by atoms with Gasteiger partial charge in [-0.3, -0.25) is 4.79 Å². The lowest BCUT2D eigenvalue weighted by Crippen LogP contribution is -2.49. The summed E-state index contributed by atoms with van der Waals surface area (Å²) in [7, 11) is -1.67. The monoisotopic (exact) mass is 392 g/mol. The molecule has 2 heterocycles. The molecule has 0 aliphatic carbocycles. The second-order valence-corrected chi connectivity index (χ2v) is 8.74. The van der Waals surface area contributed by atoms with Gasteiger partial charge in [0.1, 0.15) is 11.4 Å². The van der Waals surface area contributed by atoms with Gasteiger partial charge in [-0.1, -0.05) is 6.07 Å². The zero-order valence-corrected chi connectivity index (χ0v) is 16.5. The van der Waals surface area contributed by atoms with E-state index in [1.807, 2.05) is 25.1 Å². The van der Waals surface area contributed by atoms with Crippen molar-refractivity contribution in [3.63, 3.8) is 0 Å². The number of nitrogens with zero attached hydrogens (tertiary/aromatic N) is 3. The topological polar surface area (TPSA) is 93.5 Å². The number of sulfonamides is 1. The van der Waals surface area contributed by atoms with Crippen molar-refractivity contribution < 1.29 is 17.9 Å². The summed E-state index contributed by atoms with van der Waals surface area (Å²) in [5.41, 5.74) is 2.07. The second kappa shape index (κ2) is 7.69. The molecule has 1 N–H and O–H groups in total. The molecule has 3 rings (SSSR count). The van der Waals surface area contributed by atoms with Crippen LogP contribution < -0.4 is 10.1 Å². The summed E-state index contributed by atoms with van der Waals surface area (Å²) < 4.78 is 31.8. The zero-order valence-electron chi connectivity index (χ0n) is 15.7. The maximum absolute atomic E-state index is 12.5. The van der Waals surface area contributed by atoms with Crippen LogP contribution in [0, 0.1) is 6.92 Å². The predicted octanol–water partition coefficient (Wildman–Crippen LogP) is 1.34. The van der Waals surface area contributed by atoms with Crippen molar-refractivity contribution in [2.45, 2.75) is 25.8 Å². The molecule has 27 heavy (non-hydrogen) atoms. The summed E-state index contributed by atoms with van der Waals surface area (Å²) >= 11 is 0. The number of nitrogens with one attached hydrogen (secondary N) is 1. The van der Waals surface area contributed by atoms with Crippen LogP contribution in [0.15, 0.2) is 30.5 Å². The number of ether oxygens (including phenoxy) is 1. The highest BCUT2D eigenvalue weighted by atomic mass is 32.2. The molecular weight excluding hydrogens is 368 g/mol. The summed E-state index contributed by atoms with van der Waals surface area (Å²) in [6, 6.07) is 7.14. The minimum atomic E-state index is -3.25. The van der Waals surface area contributed by atoms with E-state index in [9.17, 15) is 13.2 Å². The van der Waals surface area contributed by atoms with E-state index in [4.69, 9.17) is 4.74 Å². The van der Waals surface area contributed by atoms with Crippen LogP contribution in [0.3, 0.4) is 0 Å². The van der Waals surface area contributed by atoms with E-state index in [1.54, 1.807) is 24.1 Å². The van der Waals surface area contributed by atoms with E-state index >= 15 is 0 Å². The fourth-order valence-electron chi connectivity index (χ4n) is 3.18. The molecule has 1 saturated heterocycles. The predicted molar refractivity (Wildman–Crippen MR) is 102 cm³/mol.